The third kappa shape index (κ3) is 2.78. The maximum atomic E-state index is 12.5. The van der Waals surface area contributed by atoms with E-state index in [1.54, 1.807) is 36.2 Å². The summed E-state index contributed by atoms with van der Waals surface area (Å²) in [5.74, 6) is 0.992. The van der Waals surface area contributed by atoms with E-state index in [4.69, 9.17) is 4.74 Å². The molecule has 0 saturated carbocycles. The van der Waals surface area contributed by atoms with Gasteiger partial charge in [-0.2, -0.15) is 0 Å². The van der Waals surface area contributed by atoms with Crippen molar-refractivity contribution in [3.8, 4) is 5.75 Å². The number of nitrogens with one attached hydrogen (secondary N) is 1. The normalized spacial score (nSPS) is 10.9. The number of hydrogen-bond acceptors (Lipinski definition) is 4. The molecule has 0 fully saturated rings. The molecule has 0 aliphatic carbocycles. The number of benzene rings is 2. The van der Waals surface area contributed by atoms with E-state index in [1.165, 1.54) is 0 Å². The lowest BCUT2D eigenvalue weighted by molar-refractivity contribution is 0.0946. The summed E-state index contributed by atoms with van der Waals surface area (Å²) in [6.45, 7) is 0.352. The summed E-state index contributed by atoms with van der Waals surface area (Å²) in [6.07, 6.45) is 5.11. The molecule has 0 unspecified atom stereocenters. The highest BCUT2D eigenvalue weighted by atomic mass is 16.5. The fourth-order valence-corrected chi connectivity index (χ4v) is 2.89. The molecular formula is C19H16N4O2. The van der Waals surface area contributed by atoms with Gasteiger partial charge in [0.1, 0.15) is 11.4 Å². The van der Waals surface area contributed by atoms with Crippen LogP contribution in [0.5, 0.6) is 5.75 Å². The molecule has 0 aliphatic heterocycles. The van der Waals surface area contributed by atoms with Crippen molar-refractivity contribution in [2.75, 3.05) is 7.11 Å². The number of aromatic nitrogens is 3. The number of methoxy groups -OCH3 is 1. The predicted octanol–water partition coefficient (Wildman–Crippen LogP) is 2.82. The Morgan fingerprint density at radius 2 is 2.08 bits per heavy atom. The van der Waals surface area contributed by atoms with Crippen LogP contribution in [0.25, 0.3) is 16.6 Å². The Bertz CT molecular complexity index is 1040. The first kappa shape index (κ1) is 15.1. The van der Waals surface area contributed by atoms with E-state index in [9.17, 15) is 4.79 Å². The second-order valence-electron chi connectivity index (χ2n) is 5.60. The molecule has 4 aromatic rings. The van der Waals surface area contributed by atoms with Crippen molar-refractivity contribution in [1.82, 2.24) is 19.7 Å². The molecule has 124 valence electrons. The summed E-state index contributed by atoms with van der Waals surface area (Å²) < 4.78 is 7.17. The van der Waals surface area contributed by atoms with Gasteiger partial charge in [-0.05, 0) is 22.9 Å². The standard InChI is InChI=1S/C19H16N4O2/c1-25-17-8-7-13-5-2-3-6-14(13)15(17)11-21-18(24)16-12-23-10-4-9-20-19(23)22-16/h2-10,12H,11H2,1H3,(H,21,24). The Kier molecular flexibility index (Phi) is 3.78. The maximum absolute atomic E-state index is 12.5. The van der Waals surface area contributed by atoms with E-state index >= 15 is 0 Å². The van der Waals surface area contributed by atoms with E-state index < -0.39 is 0 Å². The highest BCUT2D eigenvalue weighted by Crippen LogP contribution is 2.27. The fraction of sp³-hybridized carbons (Fsp3) is 0.105. The van der Waals surface area contributed by atoms with Crippen molar-refractivity contribution >= 4 is 22.5 Å². The van der Waals surface area contributed by atoms with Gasteiger partial charge in [0.25, 0.3) is 5.91 Å². The monoisotopic (exact) mass is 332 g/mol. The second-order valence-corrected chi connectivity index (χ2v) is 5.60. The molecule has 2 aromatic carbocycles. The average molecular weight is 332 g/mol. The second kappa shape index (κ2) is 6.24. The van der Waals surface area contributed by atoms with Gasteiger partial charge in [0.2, 0.25) is 5.78 Å². The molecule has 0 saturated heterocycles. The van der Waals surface area contributed by atoms with Gasteiger partial charge in [-0.15, -0.1) is 0 Å². The van der Waals surface area contributed by atoms with Crippen molar-refractivity contribution in [3.63, 3.8) is 0 Å². The van der Waals surface area contributed by atoms with Crippen LogP contribution in [0, 0.1) is 0 Å². The molecule has 2 aromatic heterocycles. The Labute approximate surface area is 144 Å². The summed E-state index contributed by atoms with van der Waals surface area (Å²) in [5.41, 5.74) is 1.27. The highest BCUT2D eigenvalue weighted by Gasteiger charge is 2.13. The van der Waals surface area contributed by atoms with E-state index in [2.05, 4.69) is 15.3 Å². The number of hydrogen-bond donors (Lipinski definition) is 1. The highest BCUT2D eigenvalue weighted by molar-refractivity contribution is 5.93. The first-order valence-corrected chi connectivity index (χ1v) is 7.89. The van der Waals surface area contributed by atoms with Gasteiger partial charge in [-0.25, -0.2) is 9.97 Å². The van der Waals surface area contributed by atoms with Gasteiger partial charge >= 0.3 is 0 Å². The topological polar surface area (TPSA) is 68.5 Å². The number of amides is 1. The minimum atomic E-state index is -0.250. The number of rotatable bonds is 4. The third-order valence-corrected chi connectivity index (χ3v) is 4.11. The molecule has 0 atom stereocenters. The van der Waals surface area contributed by atoms with Crippen molar-refractivity contribution in [1.29, 1.82) is 0 Å². The van der Waals surface area contributed by atoms with Crippen molar-refractivity contribution in [2.24, 2.45) is 0 Å². The minimum absolute atomic E-state index is 0.250. The molecule has 6 heteroatoms. The van der Waals surface area contributed by atoms with Crippen LogP contribution in [0.3, 0.4) is 0 Å². The molecule has 4 rings (SSSR count). The lowest BCUT2D eigenvalue weighted by atomic mass is 10.0. The zero-order valence-electron chi connectivity index (χ0n) is 13.6. The number of imidazole rings is 1. The van der Waals surface area contributed by atoms with Gasteiger partial charge in [-0.1, -0.05) is 30.3 Å². The molecule has 0 radical (unpaired) electrons. The maximum Gasteiger partial charge on any atom is 0.271 e. The molecule has 25 heavy (non-hydrogen) atoms. The van der Waals surface area contributed by atoms with E-state index in [1.807, 2.05) is 36.4 Å². The van der Waals surface area contributed by atoms with E-state index in [-0.39, 0.29) is 5.91 Å². The average Bonchev–Trinajstić information content (AvgIpc) is 3.10. The van der Waals surface area contributed by atoms with Crippen LogP contribution in [-0.2, 0) is 6.54 Å². The van der Waals surface area contributed by atoms with E-state index in [0.29, 0.717) is 18.0 Å². The Hall–Kier alpha value is -3.41. The van der Waals surface area contributed by atoms with Crippen LogP contribution in [0.1, 0.15) is 16.1 Å². The molecule has 0 aliphatic rings. The Balaban J connectivity index is 1.62. The molecular weight excluding hydrogens is 316 g/mol. The summed E-state index contributed by atoms with van der Waals surface area (Å²) >= 11 is 0. The SMILES string of the molecule is COc1ccc2ccccc2c1CNC(=O)c1cn2cccnc2n1. The number of nitrogens with zero attached hydrogens (tertiary/aromatic N) is 3. The van der Waals surface area contributed by atoms with Crippen LogP contribution in [-0.4, -0.2) is 27.4 Å². The predicted molar refractivity (Wildman–Crippen MR) is 94.7 cm³/mol. The van der Waals surface area contributed by atoms with Crippen LogP contribution >= 0.6 is 0 Å². The van der Waals surface area contributed by atoms with Gasteiger partial charge in [0.05, 0.1) is 7.11 Å². The smallest absolute Gasteiger partial charge is 0.271 e. The number of ether oxygens (including phenoxy) is 1. The first-order chi connectivity index (χ1) is 12.3. The van der Waals surface area contributed by atoms with Gasteiger partial charge in [0, 0.05) is 30.7 Å². The summed E-state index contributed by atoms with van der Waals surface area (Å²) in [5, 5.41) is 5.08. The Morgan fingerprint density at radius 1 is 1.20 bits per heavy atom. The zero-order valence-corrected chi connectivity index (χ0v) is 13.6. The summed E-state index contributed by atoms with van der Waals surface area (Å²) in [7, 11) is 1.63. The fourth-order valence-electron chi connectivity index (χ4n) is 2.89. The van der Waals surface area contributed by atoms with Gasteiger partial charge < -0.3 is 10.1 Å². The molecule has 6 nitrogen and oxygen atoms in total. The molecule has 2 heterocycles. The molecule has 0 bridgehead atoms. The number of carbonyl (C=O) groups is 1. The lowest BCUT2D eigenvalue weighted by Crippen LogP contribution is -2.23. The zero-order chi connectivity index (χ0) is 17.2. The van der Waals surface area contributed by atoms with Crippen LogP contribution in [0.2, 0.25) is 0 Å². The largest absolute Gasteiger partial charge is 0.496 e. The minimum Gasteiger partial charge on any atom is -0.496 e. The summed E-state index contributed by atoms with van der Waals surface area (Å²) in [4.78, 5) is 20.8. The number of carbonyl (C=O) groups excluding carboxylic acids is 1. The van der Waals surface area contributed by atoms with Crippen LogP contribution in [0.4, 0.5) is 0 Å². The quantitative estimate of drug-likeness (QED) is 0.624. The van der Waals surface area contributed by atoms with Gasteiger partial charge in [0.15, 0.2) is 0 Å². The molecule has 1 amide bonds. The van der Waals surface area contributed by atoms with Crippen LogP contribution < -0.4 is 10.1 Å². The van der Waals surface area contributed by atoms with Crippen molar-refractivity contribution in [3.05, 3.63) is 72.3 Å². The first-order valence-electron chi connectivity index (χ1n) is 7.89. The lowest BCUT2D eigenvalue weighted by Gasteiger charge is -2.12. The van der Waals surface area contributed by atoms with Crippen molar-refractivity contribution in [2.45, 2.75) is 6.54 Å². The van der Waals surface area contributed by atoms with E-state index in [0.717, 1.165) is 22.1 Å². The van der Waals surface area contributed by atoms with Crippen LogP contribution in [0.15, 0.2) is 61.1 Å². The third-order valence-electron chi connectivity index (χ3n) is 4.11. The van der Waals surface area contributed by atoms with Crippen molar-refractivity contribution < 1.29 is 9.53 Å². The number of fused-ring (bicyclic) bond motifs is 2. The Morgan fingerprint density at radius 3 is 2.92 bits per heavy atom. The van der Waals surface area contributed by atoms with Gasteiger partial charge in [-0.3, -0.25) is 9.20 Å². The summed E-state index contributed by atoms with van der Waals surface area (Å²) in [6, 6.07) is 13.7. The molecule has 1 N–H and O–H groups in total. The molecule has 0 spiro atoms.